The maximum absolute atomic E-state index is 12.4. The minimum atomic E-state index is -0.164. The minimum Gasteiger partial charge on any atom is -0.394 e. The molecular formula is C17H22N4O2. The number of hydrogen-bond donors (Lipinski definition) is 2. The summed E-state index contributed by atoms with van der Waals surface area (Å²) in [5, 5.41) is 16.5. The van der Waals surface area contributed by atoms with Gasteiger partial charge in [-0.25, -0.2) is 9.48 Å². The number of anilines is 1. The Hall–Kier alpha value is -2.34. The highest BCUT2D eigenvalue weighted by molar-refractivity contribution is 5.88. The van der Waals surface area contributed by atoms with Crippen LogP contribution >= 0.6 is 0 Å². The maximum atomic E-state index is 12.4. The van der Waals surface area contributed by atoms with Crippen LogP contribution in [0.15, 0.2) is 42.6 Å². The van der Waals surface area contributed by atoms with Crippen molar-refractivity contribution in [2.45, 2.75) is 31.8 Å². The molecule has 0 unspecified atom stereocenters. The van der Waals surface area contributed by atoms with E-state index in [9.17, 15) is 9.90 Å². The number of likely N-dealkylation sites (tertiary alicyclic amines) is 1. The van der Waals surface area contributed by atoms with Crippen LogP contribution in [0.1, 0.15) is 18.4 Å². The van der Waals surface area contributed by atoms with Gasteiger partial charge in [-0.2, -0.15) is 5.10 Å². The Labute approximate surface area is 135 Å². The SMILES string of the molecule is O=C(Nc1ccnn1CCc1ccccc1)N1CCC[C@H]1CO. The van der Waals surface area contributed by atoms with Gasteiger partial charge in [-0.1, -0.05) is 30.3 Å². The lowest BCUT2D eigenvalue weighted by molar-refractivity contribution is 0.166. The number of aryl methyl sites for hydroxylation is 2. The van der Waals surface area contributed by atoms with Crippen molar-refractivity contribution in [1.29, 1.82) is 0 Å². The van der Waals surface area contributed by atoms with Crippen molar-refractivity contribution in [3.63, 3.8) is 0 Å². The van der Waals surface area contributed by atoms with Crippen LogP contribution < -0.4 is 5.32 Å². The second-order valence-electron chi connectivity index (χ2n) is 5.78. The van der Waals surface area contributed by atoms with Crippen molar-refractivity contribution < 1.29 is 9.90 Å². The summed E-state index contributed by atoms with van der Waals surface area (Å²) in [5.74, 6) is 0.689. The molecule has 1 fully saturated rings. The highest BCUT2D eigenvalue weighted by Gasteiger charge is 2.28. The number of rotatable bonds is 5. The van der Waals surface area contributed by atoms with E-state index in [-0.39, 0.29) is 18.7 Å². The van der Waals surface area contributed by atoms with Crippen molar-refractivity contribution in [2.24, 2.45) is 0 Å². The van der Waals surface area contributed by atoms with Gasteiger partial charge in [0, 0.05) is 19.2 Å². The summed E-state index contributed by atoms with van der Waals surface area (Å²) >= 11 is 0. The van der Waals surface area contributed by atoms with Gasteiger partial charge in [0.1, 0.15) is 5.82 Å². The lowest BCUT2D eigenvalue weighted by Crippen LogP contribution is -2.40. The summed E-state index contributed by atoms with van der Waals surface area (Å²) in [6.45, 7) is 1.41. The first-order valence-electron chi connectivity index (χ1n) is 8.02. The van der Waals surface area contributed by atoms with Gasteiger partial charge in [-0.3, -0.25) is 5.32 Å². The Morgan fingerprint density at radius 2 is 2.13 bits per heavy atom. The Balaban J connectivity index is 1.61. The fourth-order valence-corrected chi connectivity index (χ4v) is 2.97. The number of aliphatic hydroxyl groups is 1. The number of amides is 2. The fraction of sp³-hybridized carbons (Fsp3) is 0.412. The second kappa shape index (κ2) is 7.28. The summed E-state index contributed by atoms with van der Waals surface area (Å²) in [6, 6.07) is 11.8. The molecule has 1 aromatic carbocycles. The Kier molecular flexibility index (Phi) is 4.92. The molecule has 0 radical (unpaired) electrons. The van der Waals surface area contributed by atoms with Crippen molar-refractivity contribution in [2.75, 3.05) is 18.5 Å². The molecule has 6 heteroatoms. The van der Waals surface area contributed by atoms with Crippen LogP contribution in [0.25, 0.3) is 0 Å². The van der Waals surface area contributed by atoms with E-state index in [1.165, 1.54) is 5.56 Å². The van der Waals surface area contributed by atoms with Crippen molar-refractivity contribution >= 4 is 11.8 Å². The van der Waals surface area contributed by atoms with Crippen LogP contribution in [-0.4, -0.2) is 45.0 Å². The third-order valence-electron chi connectivity index (χ3n) is 4.26. The highest BCUT2D eigenvalue weighted by Crippen LogP contribution is 2.18. The highest BCUT2D eigenvalue weighted by atomic mass is 16.3. The number of aliphatic hydroxyl groups excluding tert-OH is 1. The number of benzene rings is 1. The predicted octanol–water partition coefficient (Wildman–Crippen LogP) is 2.11. The third-order valence-corrected chi connectivity index (χ3v) is 4.26. The van der Waals surface area contributed by atoms with Gasteiger partial charge in [-0.15, -0.1) is 0 Å². The first kappa shape index (κ1) is 15.6. The monoisotopic (exact) mass is 314 g/mol. The summed E-state index contributed by atoms with van der Waals surface area (Å²) < 4.78 is 1.80. The van der Waals surface area contributed by atoms with Crippen LogP contribution in [0.5, 0.6) is 0 Å². The molecule has 2 amide bonds. The topological polar surface area (TPSA) is 70.4 Å². The summed E-state index contributed by atoms with van der Waals surface area (Å²) in [7, 11) is 0. The molecule has 3 rings (SSSR count). The molecule has 0 aliphatic carbocycles. The van der Waals surface area contributed by atoms with E-state index < -0.39 is 0 Å². The zero-order valence-corrected chi connectivity index (χ0v) is 13.1. The summed E-state index contributed by atoms with van der Waals surface area (Å²) in [4.78, 5) is 14.1. The average molecular weight is 314 g/mol. The molecule has 1 aliphatic rings. The normalized spacial score (nSPS) is 17.4. The number of carbonyl (C=O) groups is 1. The molecule has 1 saturated heterocycles. The maximum Gasteiger partial charge on any atom is 0.323 e. The zero-order valence-electron chi connectivity index (χ0n) is 13.1. The van der Waals surface area contributed by atoms with E-state index in [4.69, 9.17) is 0 Å². The largest absolute Gasteiger partial charge is 0.394 e. The van der Waals surface area contributed by atoms with Crippen LogP contribution in [-0.2, 0) is 13.0 Å². The van der Waals surface area contributed by atoms with E-state index in [1.54, 1.807) is 21.8 Å². The van der Waals surface area contributed by atoms with E-state index >= 15 is 0 Å². The Morgan fingerprint density at radius 1 is 1.30 bits per heavy atom. The predicted molar refractivity (Wildman–Crippen MR) is 88.2 cm³/mol. The lowest BCUT2D eigenvalue weighted by atomic mass is 10.1. The van der Waals surface area contributed by atoms with Gasteiger partial charge in [-0.05, 0) is 24.8 Å². The lowest BCUT2D eigenvalue weighted by Gasteiger charge is -2.23. The van der Waals surface area contributed by atoms with Crippen LogP contribution in [0, 0.1) is 0 Å². The van der Waals surface area contributed by atoms with Gasteiger partial charge in [0.05, 0.1) is 18.8 Å². The number of hydrogen-bond acceptors (Lipinski definition) is 3. The van der Waals surface area contributed by atoms with Gasteiger partial charge >= 0.3 is 6.03 Å². The van der Waals surface area contributed by atoms with Crippen LogP contribution in [0.3, 0.4) is 0 Å². The smallest absolute Gasteiger partial charge is 0.323 e. The molecule has 0 saturated carbocycles. The second-order valence-corrected chi connectivity index (χ2v) is 5.78. The number of carbonyl (C=O) groups excluding carboxylic acids is 1. The Bertz CT molecular complexity index is 641. The fourth-order valence-electron chi connectivity index (χ4n) is 2.97. The van der Waals surface area contributed by atoms with Gasteiger partial charge in [0.2, 0.25) is 0 Å². The van der Waals surface area contributed by atoms with Crippen LogP contribution in [0.2, 0.25) is 0 Å². The third kappa shape index (κ3) is 3.71. The molecule has 1 atom stereocenters. The number of nitrogens with one attached hydrogen (secondary N) is 1. The van der Waals surface area contributed by atoms with Crippen molar-refractivity contribution in [3.8, 4) is 0 Å². The zero-order chi connectivity index (χ0) is 16.1. The number of aromatic nitrogens is 2. The Morgan fingerprint density at radius 3 is 2.91 bits per heavy atom. The first-order valence-corrected chi connectivity index (χ1v) is 8.02. The molecule has 0 bridgehead atoms. The average Bonchev–Trinajstić information content (AvgIpc) is 3.22. The van der Waals surface area contributed by atoms with E-state index in [0.717, 1.165) is 19.3 Å². The quantitative estimate of drug-likeness (QED) is 0.888. The standard InChI is InChI=1S/C17H22N4O2/c22-13-15-7-4-11-20(15)17(23)19-16-8-10-18-21(16)12-9-14-5-2-1-3-6-14/h1-3,5-6,8,10,15,22H,4,7,9,11-13H2,(H,19,23)/t15-/m0/s1. The molecule has 2 heterocycles. The molecule has 2 N–H and O–H groups in total. The van der Waals surface area contributed by atoms with Crippen molar-refractivity contribution in [1.82, 2.24) is 14.7 Å². The summed E-state index contributed by atoms with van der Waals surface area (Å²) in [6.07, 6.45) is 4.34. The number of urea groups is 1. The van der Waals surface area contributed by atoms with Gasteiger partial charge in [0.25, 0.3) is 0 Å². The molecule has 1 aliphatic heterocycles. The van der Waals surface area contributed by atoms with E-state index in [0.29, 0.717) is 18.9 Å². The van der Waals surface area contributed by atoms with Gasteiger partial charge in [0.15, 0.2) is 0 Å². The molecule has 0 spiro atoms. The first-order chi connectivity index (χ1) is 11.3. The molecule has 1 aromatic heterocycles. The minimum absolute atomic E-state index is 0.0146. The molecule has 6 nitrogen and oxygen atoms in total. The number of nitrogens with zero attached hydrogens (tertiary/aromatic N) is 3. The van der Waals surface area contributed by atoms with Crippen LogP contribution in [0.4, 0.5) is 10.6 Å². The molecular weight excluding hydrogens is 292 g/mol. The molecule has 122 valence electrons. The van der Waals surface area contributed by atoms with E-state index in [2.05, 4.69) is 22.5 Å². The van der Waals surface area contributed by atoms with E-state index in [1.807, 2.05) is 18.2 Å². The summed E-state index contributed by atoms with van der Waals surface area (Å²) in [5.41, 5.74) is 1.24. The van der Waals surface area contributed by atoms with Crippen molar-refractivity contribution in [3.05, 3.63) is 48.2 Å². The molecule has 23 heavy (non-hydrogen) atoms. The molecule has 2 aromatic rings. The van der Waals surface area contributed by atoms with Gasteiger partial charge < -0.3 is 10.0 Å².